The molecule has 0 fully saturated rings. The van der Waals surface area contributed by atoms with Crippen LogP contribution in [0.15, 0.2) is 39.5 Å². The van der Waals surface area contributed by atoms with Crippen molar-refractivity contribution in [3.05, 3.63) is 40.8 Å². The molecule has 0 aliphatic rings. The monoisotopic (exact) mass is 305 g/mol. The zero-order valence-electron chi connectivity index (χ0n) is 11.5. The van der Waals surface area contributed by atoms with E-state index < -0.39 is 5.63 Å². The largest absolute Gasteiger partial charge is 0.423 e. The quantitative estimate of drug-likeness (QED) is 0.856. The van der Waals surface area contributed by atoms with Crippen molar-refractivity contribution >= 4 is 39.4 Å². The second-order valence-electron chi connectivity index (χ2n) is 4.41. The predicted molar refractivity (Wildman–Crippen MR) is 83.9 cm³/mol. The molecule has 2 aromatic rings. The second-order valence-corrected chi connectivity index (χ2v) is 5.48. The maximum Gasteiger partial charge on any atom is 0.336 e. The van der Waals surface area contributed by atoms with Crippen LogP contribution in [0.3, 0.4) is 0 Å². The van der Waals surface area contributed by atoms with Crippen LogP contribution in [0.5, 0.6) is 0 Å². The first-order valence-corrected chi connectivity index (χ1v) is 7.56. The maximum absolute atomic E-state index is 11.7. The van der Waals surface area contributed by atoms with Crippen molar-refractivity contribution in [1.82, 2.24) is 0 Å². The van der Waals surface area contributed by atoms with Gasteiger partial charge in [0.1, 0.15) is 11.4 Å². The molecule has 0 bridgehead atoms. The Kier molecular flexibility index (Phi) is 5.16. The molecule has 0 aliphatic heterocycles. The summed E-state index contributed by atoms with van der Waals surface area (Å²) in [5, 5.41) is 3.24. The normalized spacial score (nSPS) is 10.5. The van der Waals surface area contributed by atoms with E-state index in [1.54, 1.807) is 31.2 Å². The lowest BCUT2D eigenvalue weighted by Crippen LogP contribution is -2.07. The summed E-state index contributed by atoms with van der Waals surface area (Å²) >= 11 is 1.06. The molecule has 2 rings (SSSR count). The Balaban J connectivity index is 1.97. The number of hydrogen-bond acceptors (Lipinski definition) is 5. The molecule has 21 heavy (non-hydrogen) atoms. The first kappa shape index (κ1) is 15.3. The molecular weight excluding hydrogens is 290 g/mol. The fraction of sp³-hybridized carbons (Fsp3) is 0.267. The molecule has 0 saturated carbocycles. The minimum Gasteiger partial charge on any atom is -0.423 e. The van der Waals surface area contributed by atoms with Crippen LogP contribution in [-0.4, -0.2) is 16.8 Å². The number of rotatable bonds is 5. The molecular formula is C15H15NO4S. The second kappa shape index (κ2) is 7.08. The maximum atomic E-state index is 11.7. The molecule has 110 valence electrons. The minimum atomic E-state index is -0.432. The lowest BCUT2D eigenvalue weighted by Gasteiger charge is -2.05. The van der Waals surface area contributed by atoms with Crippen LogP contribution in [0.25, 0.3) is 11.0 Å². The number of hydrogen-bond donors (Lipinski definition) is 1. The third kappa shape index (κ3) is 4.46. The van der Waals surface area contributed by atoms with Crippen molar-refractivity contribution in [3.8, 4) is 0 Å². The number of ketones is 1. The summed E-state index contributed by atoms with van der Waals surface area (Å²) in [5.41, 5.74) is 0.543. The predicted octanol–water partition coefficient (Wildman–Crippen LogP) is 3.43. The van der Waals surface area contributed by atoms with Crippen LogP contribution in [0.1, 0.15) is 19.8 Å². The van der Waals surface area contributed by atoms with E-state index in [1.807, 2.05) is 0 Å². The molecule has 1 aromatic carbocycles. The highest BCUT2D eigenvalue weighted by molar-refractivity contribution is 8.13. The van der Waals surface area contributed by atoms with Gasteiger partial charge in [0.15, 0.2) is 0 Å². The van der Waals surface area contributed by atoms with Crippen LogP contribution in [0.4, 0.5) is 10.5 Å². The number of Topliss-reactive ketones (excluding diaryl/α,β-unsaturated/α-hetero) is 1. The number of benzene rings is 1. The minimum absolute atomic E-state index is 0.141. The summed E-state index contributed by atoms with van der Waals surface area (Å²) in [6.07, 6.45) is 0.882. The zero-order chi connectivity index (χ0) is 15.2. The highest BCUT2D eigenvalue weighted by atomic mass is 32.2. The number of carbonyl (C=O) groups excluding carboxylic acids is 2. The van der Waals surface area contributed by atoms with E-state index in [1.165, 1.54) is 6.07 Å². The lowest BCUT2D eigenvalue weighted by molar-refractivity contribution is -0.118. The topological polar surface area (TPSA) is 76.4 Å². The molecule has 5 nitrogen and oxygen atoms in total. The van der Waals surface area contributed by atoms with Gasteiger partial charge in [-0.1, -0.05) is 18.7 Å². The Hall–Kier alpha value is -2.08. The van der Waals surface area contributed by atoms with E-state index >= 15 is 0 Å². The zero-order valence-corrected chi connectivity index (χ0v) is 12.4. The van der Waals surface area contributed by atoms with Gasteiger partial charge < -0.3 is 9.73 Å². The summed E-state index contributed by atoms with van der Waals surface area (Å²) in [7, 11) is 0. The van der Waals surface area contributed by atoms with Crippen LogP contribution < -0.4 is 10.9 Å². The van der Waals surface area contributed by atoms with Gasteiger partial charge in [-0.2, -0.15) is 0 Å². The number of thioether (sulfide) groups is 1. The van der Waals surface area contributed by atoms with Gasteiger partial charge in [0, 0.05) is 41.8 Å². The Morgan fingerprint density at radius 1 is 1.24 bits per heavy atom. The van der Waals surface area contributed by atoms with Gasteiger partial charge in [0.2, 0.25) is 0 Å². The van der Waals surface area contributed by atoms with Crippen molar-refractivity contribution in [1.29, 1.82) is 0 Å². The number of fused-ring (bicyclic) bond motifs is 1. The smallest absolute Gasteiger partial charge is 0.336 e. The van der Waals surface area contributed by atoms with Crippen LogP contribution in [-0.2, 0) is 4.79 Å². The van der Waals surface area contributed by atoms with Gasteiger partial charge in [-0.15, -0.1) is 0 Å². The van der Waals surface area contributed by atoms with E-state index in [4.69, 9.17) is 4.42 Å². The molecule has 0 unspecified atom stereocenters. The molecule has 0 saturated heterocycles. The highest BCUT2D eigenvalue weighted by Gasteiger charge is 2.06. The Labute approximate surface area is 125 Å². The highest BCUT2D eigenvalue weighted by Crippen LogP contribution is 2.19. The number of nitrogens with one attached hydrogen (secondary N) is 1. The average Bonchev–Trinajstić information content (AvgIpc) is 2.46. The average molecular weight is 305 g/mol. The standard InChI is InChI=1S/C15H15NO4S/c1-2-12(17)7-8-21-15(19)16-11-5-3-10-4-6-14(18)20-13(10)9-11/h3-6,9H,2,7-8H2,1H3,(H,16,19). The summed E-state index contributed by atoms with van der Waals surface area (Å²) in [4.78, 5) is 34.0. The molecule has 0 aliphatic carbocycles. The SMILES string of the molecule is CCC(=O)CCSC(=O)Nc1ccc2ccc(=O)oc2c1. The van der Waals surface area contributed by atoms with E-state index in [9.17, 15) is 14.4 Å². The van der Waals surface area contributed by atoms with Crippen molar-refractivity contribution in [2.24, 2.45) is 0 Å². The number of amides is 1. The van der Waals surface area contributed by atoms with Crippen molar-refractivity contribution < 1.29 is 14.0 Å². The summed E-state index contributed by atoms with van der Waals surface area (Å²) in [6, 6.07) is 8.11. The van der Waals surface area contributed by atoms with Crippen LogP contribution in [0, 0.1) is 0 Å². The van der Waals surface area contributed by atoms with Crippen LogP contribution >= 0.6 is 11.8 Å². The molecule has 1 N–H and O–H groups in total. The van der Waals surface area contributed by atoms with Gasteiger partial charge in [0.05, 0.1) is 0 Å². The van der Waals surface area contributed by atoms with Crippen molar-refractivity contribution in [2.45, 2.75) is 19.8 Å². The molecule has 0 radical (unpaired) electrons. The molecule has 1 amide bonds. The van der Waals surface area contributed by atoms with Crippen molar-refractivity contribution in [2.75, 3.05) is 11.1 Å². The Morgan fingerprint density at radius 3 is 2.76 bits per heavy atom. The first-order chi connectivity index (χ1) is 10.1. The molecule has 0 spiro atoms. The van der Waals surface area contributed by atoms with E-state index in [0.717, 1.165) is 17.1 Å². The Bertz CT molecular complexity index is 723. The fourth-order valence-corrected chi connectivity index (χ4v) is 2.43. The van der Waals surface area contributed by atoms with Gasteiger partial charge in [-0.05, 0) is 18.2 Å². The third-order valence-electron chi connectivity index (χ3n) is 2.88. The number of carbonyl (C=O) groups is 2. The van der Waals surface area contributed by atoms with Gasteiger partial charge in [0.25, 0.3) is 5.24 Å². The fourth-order valence-electron chi connectivity index (χ4n) is 1.73. The van der Waals surface area contributed by atoms with Gasteiger partial charge in [-0.3, -0.25) is 9.59 Å². The third-order valence-corrected chi connectivity index (χ3v) is 3.65. The summed E-state index contributed by atoms with van der Waals surface area (Å²) in [5.74, 6) is 0.601. The lowest BCUT2D eigenvalue weighted by atomic mass is 10.2. The van der Waals surface area contributed by atoms with Gasteiger partial charge >= 0.3 is 5.63 Å². The Morgan fingerprint density at radius 2 is 2.00 bits per heavy atom. The van der Waals surface area contributed by atoms with Crippen molar-refractivity contribution in [3.63, 3.8) is 0 Å². The van der Waals surface area contributed by atoms with E-state index in [2.05, 4.69) is 5.32 Å². The van der Waals surface area contributed by atoms with Gasteiger partial charge in [-0.25, -0.2) is 4.79 Å². The number of anilines is 1. The van der Waals surface area contributed by atoms with E-state index in [-0.39, 0.29) is 11.0 Å². The summed E-state index contributed by atoms with van der Waals surface area (Å²) in [6.45, 7) is 1.80. The molecule has 6 heteroatoms. The first-order valence-electron chi connectivity index (χ1n) is 6.58. The molecule has 1 heterocycles. The molecule has 1 aromatic heterocycles. The molecule has 0 atom stereocenters. The summed E-state index contributed by atoms with van der Waals surface area (Å²) < 4.78 is 5.05. The van der Waals surface area contributed by atoms with E-state index in [0.29, 0.717) is 29.9 Å². The van der Waals surface area contributed by atoms with Crippen LogP contribution in [0.2, 0.25) is 0 Å².